The van der Waals surface area contributed by atoms with Gasteiger partial charge in [0.15, 0.2) is 0 Å². The van der Waals surface area contributed by atoms with Gasteiger partial charge in [-0.3, -0.25) is 0 Å². The molecular weight excluding hydrogens is 217 g/mol. The number of ether oxygens (including phenoxy) is 1. The molecule has 0 aliphatic carbocycles. The Hall–Kier alpha value is -1.09. The van der Waals surface area contributed by atoms with Gasteiger partial charge in [-0.05, 0) is 44.0 Å². The quantitative estimate of drug-likeness (QED) is 0.753. The Bertz CT molecular complexity index is 300. The zero-order valence-electron chi connectivity index (χ0n) is 10.7. The Morgan fingerprint density at radius 3 is 2.59 bits per heavy atom. The van der Waals surface area contributed by atoms with E-state index >= 15 is 0 Å². The van der Waals surface area contributed by atoms with Crippen molar-refractivity contribution in [3.05, 3.63) is 29.8 Å². The Morgan fingerprint density at radius 2 is 2.00 bits per heavy atom. The highest BCUT2D eigenvalue weighted by atomic mass is 19.1. The van der Waals surface area contributed by atoms with Crippen molar-refractivity contribution in [1.29, 1.82) is 0 Å². The lowest BCUT2D eigenvalue weighted by molar-refractivity contribution is 0.273. The molecule has 0 amide bonds. The van der Waals surface area contributed by atoms with Gasteiger partial charge < -0.3 is 10.1 Å². The van der Waals surface area contributed by atoms with Crippen LogP contribution >= 0.6 is 0 Å². The van der Waals surface area contributed by atoms with E-state index in [9.17, 15) is 4.39 Å². The minimum atomic E-state index is -0.445. The molecule has 17 heavy (non-hydrogen) atoms. The van der Waals surface area contributed by atoms with Crippen LogP contribution in [0.4, 0.5) is 4.39 Å². The summed E-state index contributed by atoms with van der Waals surface area (Å²) >= 11 is 0. The first-order valence-electron chi connectivity index (χ1n) is 6.27. The number of nitrogens with one attached hydrogen (secondary N) is 1. The average Bonchev–Trinajstić information content (AvgIpc) is 2.35. The molecule has 1 N–H and O–H groups in total. The molecule has 0 aliphatic rings. The minimum absolute atomic E-state index is 0.133. The predicted molar refractivity (Wildman–Crippen MR) is 69.4 cm³/mol. The van der Waals surface area contributed by atoms with Crippen molar-refractivity contribution in [1.82, 2.24) is 5.32 Å². The molecule has 0 aliphatic heterocycles. The van der Waals surface area contributed by atoms with Gasteiger partial charge in [0.25, 0.3) is 0 Å². The molecule has 96 valence electrons. The Labute approximate surface area is 103 Å². The molecule has 3 heteroatoms. The zero-order valence-corrected chi connectivity index (χ0v) is 10.7. The fourth-order valence-corrected chi connectivity index (χ4v) is 1.69. The SMILES string of the molecule is CCCNC(C)Cc1ccc(OCCF)cc1. The summed E-state index contributed by atoms with van der Waals surface area (Å²) in [5.41, 5.74) is 1.27. The van der Waals surface area contributed by atoms with Crippen LogP contribution in [-0.2, 0) is 6.42 Å². The molecule has 1 atom stereocenters. The molecule has 1 aromatic rings. The summed E-state index contributed by atoms with van der Waals surface area (Å²) in [5.74, 6) is 0.737. The fourth-order valence-electron chi connectivity index (χ4n) is 1.69. The molecular formula is C14H22FNO. The number of alkyl halides is 1. The first-order valence-corrected chi connectivity index (χ1v) is 6.27. The first-order chi connectivity index (χ1) is 8.26. The van der Waals surface area contributed by atoms with Gasteiger partial charge in [0, 0.05) is 6.04 Å². The zero-order chi connectivity index (χ0) is 12.5. The highest BCUT2D eigenvalue weighted by Gasteiger charge is 2.02. The molecule has 0 bridgehead atoms. The molecule has 0 radical (unpaired) electrons. The van der Waals surface area contributed by atoms with Gasteiger partial charge in [-0.1, -0.05) is 19.1 Å². The fraction of sp³-hybridized carbons (Fsp3) is 0.571. The van der Waals surface area contributed by atoms with E-state index in [0.717, 1.165) is 25.1 Å². The Morgan fingerprint density at radius 1 is 1.29 bits per heavy atom. The van der Waals surface area contributed by atoms with E-state index < -0.39 is 6.67 Å². The van der Waals surface area contributed by atoms with E-state index in [1.165, 1.54) is 5.56 Å². The highest BCUT2D eigenvalue weighted by molar-refractivity contribution is 5.27. The molecule has 0 heterocycles. The van der Waals surface area contributed by atoms with E-state index in [2.05, 4.69) is 19.2 Å². The van der Waals surface area contributed by atoms with Crippen molar-refractivity contribution >= 4 is 0 Å². The van der Waals surface area contributed by atoms with Crippen LogP contribution in [-0.4, -0.2) is 25.9 Å². The second-order valence-electron chi connectivity index (χ2n) is 4.24. The standard InChI is InChI=1S/C14H22FNO/c1-3-9-16-12(2)11-13-4-6-14(7-5-13)17-10-8-15/h4-7,12,16H,3,8-11H2,1-2H3. The summed E-state index contributed by atoms with van der Waals surface area (Å²) < 4.78 is 17.1. The van der Waals surface area contributed by atoms with E-state index in [1.54, 1.807) is 0 Å². The van der Waals surface area contributed by atoms with Crippen molar-refractivity contribution in [2.75, 3.05) is 19.8 Å². The number of benzene rings is 1. The third kappa shape index (κ3) is 5.68. The third-order valence-electron chi connectivity index (χ3n) is 2.55. The molecule has 0 aromatic heterocycles. The molecule has 1 aromatic carbocycles. The van der Waals surface area contributed by atoms with Crippen LogP contribution in [0.25, 0.3) is 0 Å². The molecule has 0 saturated heterocycles. The molecule has 1 unspecified atom stereocenters. The van der Waals surface area contributed by atoms with Crippen LogP contribution in [0, 0.1) is 0 Å². The van der Waals surface area contributed by atoms with E-state index in [0.29, 0.717) is 6.04 Å². The van der Waals surface area contributed by atoms with Gasteiger partial charge in [0.2, 0.25) is 0 Å². The van der Waals surface area contributed by atoms with E-state index in [4.69, 9.17) is 4.74 Å². The highest BCUT2D eigenvalue weighted by Crippen LogP contribution is 2.13. The molecule has 2 nitrogen and oxygen atoms in total. The topological polar surface area (TPSA) is 21.3 Å². The average molecular weight is 239 g/mol. The maximum Gasteiger partial charge on any atom is 0.123 e. The summed E-state index contributed by atoms with van der Waals surface area (Å²) in [7, 11) is 0. The van der Waals surface area contributed by atoms with E-state index in [1.807, 2.05) is 24.3 Å². The Kier molecular flexibility index (Phi) is 6.63. The lowest BCUT2D eigenvalue weighted by Gasteiger charge is -2.13. The molecule has 1 rings (SSSR count). The van der Waals surface area contributed by atoms with Crippen molar-refractivity contribution in [2.45, 2.75) is 32.7 Å². The van der Waals surface area contributed by atoms with Crippen LogP contribution in [0.5, 0.6) is 5.75 Å². The number of rotatable bonds is 8. The van der Waals surface area contributed by atoms with E-state index in [-0.39, 0.29) is 6.61 Å². The number of hydrogen-bond donors (Lipinski definition) is 1. The number of hydrogen-bond acceptors (Lipinski definition) is 2. The maximum absolute atomic E-state index is 11.9. The minimum Gasteiger partial charge on any atom is -0.491 e. The van der Waals surface area contributed by atoms with Gasteiger partial charge in [-0.2, -0.15) is 0 Å². The first kappa shape index (κ1) is 14.0. The van der Waals surface area contributed by atoms with Crippen molar-refractivity contribution < 1.29 is 9.13 Å². The van der Waals surface area contributed by atoms with Crippen molar-refractivity contribution in [2.24, 2.45) is 0 Å². The van der Waals surface area contributed by atoms with Gasteiger partial charge in [0.1, 0.15) is 19.0 Å². The normalized spacial score (nSPS) is 12.4. The lowest BCUT2D eigenvalue weighted by atomic mass is 10.1. The molecule has 0 spiro atoms. The van der Waals surface area contributed by atoms with Gasteiger partial charge in [-0.25, -0.2) is 4.39 Å². The number of halogens is 1. The summed E-state index contributed by atoms with van der Waals surface area (Å²) in [5, 5.41) is 3.45. The van der Waals surface area contributed by atoms with Crippen molar-refractivity contribution in [3.63, 3.8) is 0 Å². The molecule has 0 saturated carbocycles. The van der Waals surface area contributed by atoms with Gasteiger partial charge >= 0.3 is 0 Å². The Balaban J connectivity index is 2.39. The van der Waals surface area contributed by atoms with Crippen LogP contribution < -0.4 is 10.1 Å². The predicted octanol–water partition coefficient (Wildman–Crippen LogP) is 2.97. The lowest BCUT2D eigenvalue weighted by Crippen LogP contribution is -2.28. The van der Waals surface area contributed by atoms with Gasteiger partial charge in [-0.15, -0.1) is 0 Å². The molecule has 0 fully saturated rings. The monoisotopic (exact) mass is 239 g/mol. The summed E-state index contributed by atoms with van der Waals surface area (Å²) in [6.07, 6.45) is 2.16. The smallest absolute Gasteiger partial charge is 0.123 e. The second kappa shape index (κ2) is 8.07. The maximum atomic E-state index is 11.9. The second-order valence-corrected chi connectivity index (χ2v) is 4.24. The summed E-state index contributed by atoms with van der Waals surface area (Å²) in [6, 6.07) is 8.36. The van der Waals surface area contributed by atoms with Crippen LogP contribution in [0.3, 0.4) is 0 Å². The van der Waals surface area contributed by atoms with Gasteiger partial charge in [0.05, 0.1) is 0 Å². The summed E-state index contributed by atoms with van der Waals surface area (Å²) in [6.45, 7) is 5.09. The largest absolute Gasteiger partial charge is 0.491 e. The summed E-state index contributed by atoms with van der Waals surface area (Å²) in [4.78, 5) is 0. The van der Waals surface area contributed by atoms with Crippen molar-refractivity contribution in [3.8, 4) is 5.75 Å². The van der Waals surface area contributed by atoms with Crippen LogP contribution in [0.15, 0.2) is 24.3 Å². The van der Waals surface area contributed by atoms with Crippen LogP contribution in [0.2, 0.25) is 0 Å². The van der Waals surface area contributed by atoms with Crippen LogP contribution in [0.1, 0.15) is 25.8 Å². The third-order valence-corrected chi connectivity index (χ3v) is 2.55.